The SMILES string of the molecule is COc1cccc(C(=O)CN2[C+]N(C(C)C)C=C2)c1.[Br-]. The maximum Gasteiger partial charge on any atom is 0.565 e. The Morgan fingerprint density at radius 1 is 1.35 bits per heavy atom. The molecular weight excluding hydrogens is 320 g/mol. The number of hydrogen-bond donors (Lipinski definition) is 0. The molecule has 2 rings (SSSR count). The van der Waals surface area contributed by atoms with E-state index in [0.29, 0.717) is 17.4 Å². The van der Waals surface area contributed by atoms with Crippen molar-refractivity contribution in [2.45, 2.75) is 19.9 Å². The van der Waals surface area contributed by atoms with Crippen LogP contribution in [0, 0.1) is 6.67 Å². The summed E-state index contributed by atoms with van der Waals surface area (Å²) in [6, 6.07) is 7.53. The summed E-state index contributed by atoms with van der Waals surface area (Å²) < 4.78 is 5.12. The summed E-state index contributed by atoms with van der Waals surface area (Å²) in [7, 11) is 1.59. The fraction of sp³-hybridized carbons (Fsp3) is 0.333. The van der Waals surface area contributed by atoms with Gasteiger partial charge in [0.1, 0.15) is 12.3 Å². The van der Waals surface area contributed by atoms with Crippen LogP contribution in [-0.4, -0.2) is 35.3 Å². The average molecular weight is 338 g/mol. The van der Waals surface area contributed by atoms with E-state index in [1.54, 1.807) is 24.1 Å². The molecule has 1 heterocycles. The van der Waals surface area contributed by atoms with Gasteiger partial charge in [0.25, 0.3) is 0 Å². The molecule has 0 unspecified atom stereocenters. The first-order chi connectivity index (χ1) is 9.10. The van der Waals surface area contributed by atoms with E-state index in [4.69, 9.17) is 4.74 Å². The lowest BCUT2D eigenvalue weighted by Crippen LogP contribution is -3.00. The quantitative estimate of drug-likeness (QED) is 0.529. The molecular formula is C15H18BrN2O2. The van der Waals surface area contributed by atoms with Crippen LogP contribution >= 0.6 is 0 Å². The molecule has 0 atom stereocenters. The third-order valence-corrected chi connectivity index (χ3v) is 2.91. The highest BCUT2D eigenvalue weighted by molar-refractivity contribution is 5.98. The van der Waals surface area contributed by atoms with Gasteiger partial charge in [0.15, 0.2) is 5.78 Å². The lowest BCUT2D eigenvalue weighted by atomic mass is 10.1. The average Bonchev–Trinajstić information content (AvgIpc) is 2.87. The topological polar surface area (TPSA) is 32.8 Å². The monoisotopic (exact) mass is 337 g/mol. The zero-order valence-corrected chi connectivity index (χ0v) is 13.4. The first-order valence-corrected chi connectivity index (χ1v) is 6.27. The summed E-state index contributed by atoms with van der Waals surface area (Å²) in [5, 5.41) is 0. The zero-order valence-electron chi connectivity index (χ0n) is 11.8. The number of hydrogen-bond acceptors (Lipinski definition) is 4. The summed E-state index contributed by atoms with van der Waals surface area (Å²) >= 11 is 0. The molecule has 1 aliphatic heterocycles. The molecule has 4 nitrogen and oxygen atoms in total. The van der Waals surface area contributed by atoms with Crippen molar-refractivity contribution in [3.63, 3.8) is 0 Å². The number of rotatable bonds is 5. The van der Waals surface area contributed by atoms with Crippen molar-refractivity contribution in [1.29, 1.82) is 0 Å². The van der Waals surface area contributed by atoms with Crippen LogP contribution in [0.5, 0.6) is 5.75 Å². The molecule has 0 spiro atoms. The molecule has 0 N–H and O–H groups in total. The molecule has 0 amide bonds. The van der Waals surface area contributed by atoms with Crippen LogP contribution < -0.4 is 21.7 Å². The van der Waals surface area contributed by atoms with Crippen LogP contribution in [0.1, 0.15) is 24.2 Å². The Hall–Kier alpha value is -1.62. The van der Waals surface area contributed by atoms with E-state index in [-0.39, 0.29) is 29.3 Å². The minimum absolute atomic E-state index is 0. The number of nitrogens with zero attached hydrogens (tertiary/aromatic N) is 2. The number of halogens is 1. The number of ketones is 1. The summed E-state index contributed by atoms with van der Waals surface area (Å²) in [6.45, 7) is 7.56. The van der Waals surface area contributed by atoms with Gasteiger partial charge in [0.2, 0.25) is 0 Å². The molecule has 0 aromatic heterocycles. The molecule has 1 aliphatic rings. The lowest BCUT2D eigenvalue weighted by Gasteiger charge is -2.07. The summed E-state index contributed by atoms with van der Waals surface area (Å²) in [5.41, 5.74) is 0.651. The number of carbonyl (C=O) groups is 1. The van der Waals surface area contributed by atoms with Crippen molar-refractivity contribution < 1.29 is 26.5 Å². The first-order valence-electron chi connectivity index (χ1n) is 6.27. The molecule has 0 bridgehead atoms. The van der Waals surface area contributed by atoms with Crippen LogP contribution in [0.3, 0.4) is 0 Å². The largest absolute Gasteiger partial charge is 1.00 e. The van der Waals surface area contributed by atoms with Crippen molar-refractivity contribution >= 4 is 5.78 Å². The molecule has 20 heavy (non-hydrogen) atoms. The highest BCUT2D eigenvalue weighted by atomic mass is 79.9. The fourth-order valence-corrected chi connectivity index (χ4v) is 1.79. The van der Waals surface area contributed by atoms with Crippen molar-refractivity contribution in [3.8, 4) is 5.75 Å². The maximum atomic E-state index is 12.2. The first kappa shape index (κ1) is 16.4. The minimum Gasteiger partial charge on any atom is -1.00 e. The van der Waals surface area contributed by atoms with Gasteiger partial charge in [-0.1, -0.05) is 12.1 Å². The fourth-order valence-electron chi connectivity index (χ4n) is 1.79. The Morgan fingerprint density at radius 3 is 2.70 bits per heavy atom. The van der Waals surface area contributed by atoms with Crippen molar-refractivity contribution in [1.82, 2.24) is 9.80 Å². The normalized spacial score (nSPS) is 13.2. The number of Topliss-reactive ketones (excluding diaryl/α,β-unsaturated/α-hetero) is 1. The van der Waals surface area contributed by atoms with Gasteiger partial charge < -0.3 is 21.7 Å². The van der Waals surface area contributed by atoms with E-state index in [2.05, 4.69) is 20.5 Å². The predicted octanol–water partition coefficient (Wildman–Crippen LogP) is -0.625. The summed E-state index contributed by atoms with van der Waals surface area (Å²) in [6.07, 6.45) is 3.78. The summed E-state index contributed by atoms with van der Waals surface area (Å²) in [5.74, 6) is 0.737. The smallest absolute Gasteiger partial charge is 0.565 e. The summed E-state index contributed by atoms with van der Waals surface area (Å²) in [4.78, 5) is 15.9. The van der Waals surface area contributed by atoms with Gasteiger partial charge in [-0.15, -0.1) is 9.80 Å². The maximum absolute atomic E-state index is 12.2. The van der Waals surface area contributed by atoms with E-state index in [9.17, 15) is 4.79 Å². The zero-order chi connectivity index (χ0) is 13.8. The molecule has 1 aromatic rings. The van der Waals surface area contributed by atoms with Gasteiger partial charge >= 0.3 is 6.67 Å². The Morgan fingerprint density at radius 2 is 2.10 bits per heavy atom. The molecule has 1 aromatic carbocycles. The van der Waals surface area contributed by atoms with E-state index in [1.165, 1.54) is 0 Å². The second-order valence-electron chi connectivity index (χ2n) is 4.68. The minimum atomic E-state index is 0. The van der Waals surface area contributed by atoms with E-state index in [1.807, 2.05) is 29.4 Å². The van der Waals surface area contributed by atoms with Gasteiger partial charge in [-0.3, -0.25) is 4.79 Å². The standard InChI is InChI=1S/C15H18N2O2.BrH/c1-12(2)17-8-7-16(11-17)10-15(18)13-5-4-6-14(9-13)19-3;/h4-9,12H,10H2,1-3H3;1H/q+1;/p-1. The third-order valence-electron chi connectivity index (χ3n) is 2.91. The van der Waals surface area contributed by atoms with Gasteiger partial charge in [-0.05, 0) is 26.0 Å². The van der Waals surface area contributed by atoms with Crippen LogP contribution in [0.25, 0.3) is 0 Å². The van der Waals surface area contributed by atoms with E-state index in [0.717, 1.165) is 0 Å². The van der Waals surface area contributed by atoms with Gasteiger partial charge in [0, 0.05) is 5.56 Å². The number of carbonyl (C=O) groups excluding carboxylic acids is 1. The Labute approximate surface area is 130 Å². The van der Waals surface area contributed by atoms with Gasteiger partial charge in [-0.25, -0.2) is 0 Å². The number of ether oxygens (including phenoxy) is 1. The van der Waals surface area contributed by atoms with Crippen LogP contribution in [0.4, 0.5) is 0 Å². The highest BCUT2D eigenvalue weighted by Crippen LogP contribution is 2.17. The van der Waals surface area contributed by atoms with Crippen molar-refractivity contribution in [2.75, 3.05) is 13.7 Å². The van der Waals surface area contributed by atoms with E-state index < -0.39 is 0 Å². The molecule has 0 aliphatic carbocycles. The molecule has 0 saturated heterocycles. The second kappa shape index (κ2) is 7.24. The van der Waals surface area contributed by atoms with Crippen LogP contribution in [-0.2, 0) is 0 Å². The predicted molar refractivity (Wildman–Crippen MR) is 73.4 cm³/mol. The second-order valence-corrected chi connectivity index (χ2v) is 4.68. The third kappa shape index (κ3) is 3.93. The van der Waals surface area contributed by atoms with Gasteiger partial charge in [-0.2, -0.15) is 0 Å². The number of benzene rings is 1. The Balaban J connectivity index is 0.00000200. The van der Waals surface area contributed by atoms with E-state index >= 15 is 0 Å². The molecule has 107 valence electrons. The van der Waals surface area contributed by atoms with Crippen molar-refractivity contribution in [3.05, 3.63) is 48.9 Å². The lowest BCUT2D eigenvalue weighted by molar-refractivity contribution is -0.0000122. The highest BCUT2D eigenvalue weighted by Gasteiger charge is 2.34. The van der Waals surface area contributed by atoms with Crippen LogP contribution in [0.2, 0.25) is 0 Å². The molecule has 5 heteroatoms. The Bertz CT molecular complexity index is 489. The van der Waals surface area contributed by atoms with Crippen molar-refractivity contribution in [2.24, 2.45) is 0 Å². The van der Waals surface area contributed by atoms with Gasteiger partial charge in [0.05, 0.1) is 25.6 Å². The number of methoxy groups -OCH3 is 1. The molecule has 0 fully saturated rings. The molecule has 1 radical (unpaired) electrons. The Kier molecular flexibility index (Phi) is 5.95. The van der Waals surface area contributed by atoms with Crippen LogP contribution in [0.15, 0.2) is 36.7 Å². The molecule has 0 saturated carbocycles.